The van der Waals surface area contributed by atoms with Gasteiger partial charge in [0.2, 0.25) is 0 Å². The van der Waals surface area contributed by atoms with E-state index in [0.29, 0.717) is 30.6 Å². The molecule has 0 aromatic carbocycles. The molecule has 0 bridgehead atoms. The van der Waals surface area contributed by atoms with Crippen LogP contribution >= 0.6 is 0 Å². The summed E-state index contributed by atoms with van der Waals surface area (Å²) in [6.07, 6.45) is 2.06. The lowest BCUT2D eigenvalue weighted by atomic mass is 10.2. The van der Waals surface area contributed by atoms with Crippen LogP contribution in [0.3, 0.4) is 0 Å². The Morgan fingerprint density at radius 3 is 2.80 bits per heavy atom. The van der Waals surface area contributed by atoms with E-state index in [1.165, 1.54) is 6.07 Å². The van der Waals surface area contributed by atoms with Crippen LogP contribution in [0.15, 0.2) is 10.5 Å². The lowest BCUT2D eigenvalue weighted by molar-refractivity contribution is 0.0523. The van der Waals surface area contributed by atoms with Crippen LogP contribution < -0.4 is 0 Å². The van der Waals surface area contributed by atoms with Crippen LogP contribution in [0, 0.1) is 0 Å². The minimum atomic E-state index is -0.433. The zero-order valence-corrected chi connectivity index (χ0v) is 8.91. The molecule has 4 heteroatoms. The van der Waals surface area contributed by atoms with Crippen molar-refractivity contribution in [2.45, 2.75) is 26.7 Å². The largest absolute Gasteiger partial charge is 0.462 e. The van der Waals surface area contributed by atoms with Crippen LogP contribution in [-0.4, -0.2) is 18.9 Å². The molecule has 0 aliphatic rings. The Morgan fingerprint density at radius 1 is 1.53 bits per heavy atom. The van der Waals surface area contributed by atoms with E-state index in [2.05, 4.69) is 0 Å². The fourth-order valence-corrected chi connectivity index (χ4v) is 1.30. The summed E-state index contributed by atoms with van der Waals surface area (Å²) in [6, 6.07) is 1.43. The predicted molar refractivity (Wildman–Crippen MR) is 54.0 cm³/mol. The number of aryl methyl sites for hydroxylation is 1. The summed E-state index contributed by atoms with van der Waals surface area (Å²) in [5.41, 5.74) is 0.362. The van der Waals surface area contributed by atoms with Gasteiger partial charge in [-0.3, -0.25) is 4.79 Å². The summed E-state index contributed by atoms with van der Waals surface area (Å²) in [5, 5.41) is 0. The second-order valence-corrected chi connectivity index (χ2v) is 3.07. The number of rotatable bonds is 5. The van der Waals surface area contributed by atoms with Crippen molar-refractivity contribution in [1.29, 1.82) is 0 Å². The molecule has 0 radical (unpaired) electrons. The van der Waals surface area contributed by atoms with Crippen molar-refractivity contribution in [3.8, 4) is 0 Å². The van der Waals surface area contributed by atoms with Gasteiger partial charge in [0, 0.05) is 12.5 Å². The van der Waals surface area contributed by atoms with E-state index in [9.17, 15) is 9.59 Å². The van der Waals surface area contributed by atoms with E-state index in [4.69, 9.17) is 9.15 Å². The van der Waals surface area contributed by atoms with E-state index >= 15 is 0 Å². The van der Waals surface area contributed by atoms with Crippen molar-refractivity contribution in [3.05, 3.63) is 23.2 Å². The molecule has 0 aliphatic carbocycles. The third-order valence-corrected chi connectivity index (χ3v) is 1.92. The molecule has 0 aliphatic heterocycles. The van der Waals surface area contributed by atoms with E-state index in [0.717, 1.165) is 6.42 Å². The molecule has 1 heterocycles. The van der Waals surface area contributed by atoms with Gasteiger partial charge in [-0.25, -0.2) is 4.79 Å². The van der Waals surface area contributed by atoms with E-state index in [1.807, 2.05) is 6.92 Å². The first-order valence-corrected chi connectivity index (χ1v) is 4.97. The van der Waals surface area contributed by atoms with Crippen LogP contribution in [0.4, 0.5) is 0 Å². The number of esters is 1. The van der Waals surface area contributed by atoms with Crippen LogP contribution in [0.2, 0.25) is 0 Å². The molecule has 0 spiro atoms. The number of furan rings is 1. The maximum atomic E-state index is 11.5. The topological polar surface area (TPSA) is 56.5 Å². The molecule has 82 valence electrons. The summed E-state index contributed by atoms with van der Waals surface area (Å²) in [6.45, 7) is 4.02. The molecule has 0 N–H and O–H groups in total. The number of carbonyl (C=O) groups excluding carboxylic acids is 2. The van der Waals surface area contributed by atoms with Gasteiger partial charge < -0.3 is 9.15 Å². The van der Waals surface area contributed by atoms with Crippen molar-refractivity contribution in [2.24, 2.45) is 0 Å². The summed E-state index contributed by atoms with van der Waals surface area (Å²) >= 11 is 0. The maximum Gasteiger partial charge on any atom is 0.341 e. The Hall–Kier alpha value is -1.58. The van der Waals surface area contributed by atoms with Gasteiger partial charge in [-0.2, -0.15) is 0 Å². The summed E-state index contributed by atoms with van der Waals surface area (Å²) < 4.78 is 10.1. The molecule has 0 amide bonds. The Labute approximate surface area is 88.2 Å². The van der Waals surface area contributed by atoms with Crippen LogP contribution in [0.5, 0.6) is 0 Å². The normalized spacial score (nSPS) is 10.0. The van der Waals surface area contributed by atoms with Crippen molar-refractivity contribution >= 4 is 12.3 Å². The molecular weight excluding hydrogens is 196 g/mol. The van der Waals surface area contributed by atoms with Crippen molar-refractivity contribution in [2.75, 3.05) is 6.61 Å². The molecule has 1 aromatic rings. The minimum absolute atomic E-state index is 0.168. The number of hydrogen-bond donors (Lipinski definition) is 0. The molecule has 4 nitrogen and oxygen atoms in total. The lowest BCUT2D eigenvalue weighted by Gasteiger charge is -2.00. The first-order valence-electron chi connectivity index (χ1n) is 4.97. The van der Waals surface area contributed by atoms with E-state index in [-0.39, 0.29) is 5.76 Å². The van der Waals surface area contributed by atoms with E-state index in [1.54, 1.807) is 6.92 Å². The number of hydrogen-bond acceptors (Lipinski definition) is 4. The highest BCUT2D eigenvalue weighted by atomic mass is 16.5. The first-order chi connectivity index (χ1) is 7.22. The molecule has 0 fully saturated rings. The molecular formula is C11H14O4. The van der Waals surface area contributed by atoms with Gasteiger partial charge in [0.05, 0.1) is 6.61 Å². The van der Waals surface area contributed by atoms with Crippen LogP contribution in [0.25, 0.3) is 0 Å². The average Bonchev–Trinajstić information content (AvgIpc) is 2.62. The first kappa shape index (κ1) is 11.5. The molecule has 0 unspecified atom stereocenters. The number of carbonyl (C=O) groups is 2. The molecule has 0 saturated heterocycles. The Morgan fingerprint density at radius 2 is 2.27 bits per heavy atom. The summed E-state index contributed by atoms with van der Waals surface area (Å²) in [7, 11) is 0. The zero-order chi connectivity index (χ0) is 11.3. The van der Waals surface area contributed by atoms with Gasteiger partial charge >= 0.3 is 5.97 Å². The second kappa shape index (κ2) is 5.34. The van der Waals surface area contributed by atoms with Gasteiger partial charge in [-0.15, -0.1) is 0 Å². The Bertz CT molecular complexity index is 351. The SMILES string of the molecule is CCCc1oc(C=O)cc1C(=O)OCC. The molecule has 0 saturated carbocycles. The van der Waals surface area contributed by atoms with Gasteiger partial charge in [0.15, 0.2) is 12.0 Å². The third kappa shape index (κ3) is 2.68. The summed E-state index contributed by atoms with van der Waals surface area (Å²) in [4.78, 5) is 22.0. The predicted octanol–water partition coefficient (Wildman–Crippen LogP) is 2.22. The lowest BCUT2D eigenvalue weighted by Crippen LogP contribution is -2.05. The highest BCUT2D eigenvalue weighted by Crippen LogP contribution is 2.17. The number of aldehydes is 1. The monoisotopic (exact) mass is 210 g/mol. The molecule has 15 heavy (non-hydrogen) atoms. The maximum absolute atomic E-state index is 11.5. The number of ether oxygens (including phenoxy) is 1. The van der Waals surface area contributed by atoms with Crippen LogP contribution in [-0.2, 0) is 11.2 Å². The second-order valence-electron chi connectivity index (χ2n) is 3.07. The summed E-state index contributed by atoms with van der Waals surface area (Å²) in [5.74, 6) is 0.261. The zero-order valence-electron chi connectivity index (χ0n) is 8.91. The van der Waals surface area contributed by atoms with Gasteiger partial charge in [-0.1, -0.05) is 6.92 Å². The fraction of sp³-hybridized carbons (Fsp3) is 0.455. The highest BCUT2D eigenvalue weighted by molar-refractivity contribution is 5.92. The molecule has 1 aromatic heterocycles. The fourth-order valence-electron chi connectivity index (χ4n) is 1.30. The van der Waals surface area contributed by atoms with Crippen molar-refractivity contribution in [1.82, 2.24) is 0 Å². The minimum Gasteiger partial charge on any atom is -0.462 e. The molecule has 0 atom stereocenters. The highest BCUT2D eigenvalue weighted by Gasteiger charge is 2.17. The van der Waals surface area contributed by atoms with Gasteiger partial charge in [0.1, 0.15) is 11.3 Å². The van der Waals surface area contributed by atoms with E-state index < -0.39 is 5.97 Å². The van der Waals surface area contributed by atoms with Gasteiger partial charge in [-0.05, 0) is 13.3 Å². The quantitative estimate of drug-likeness (QED) is 0.552. The third-order valence-electron chi connectivity index (χ3n) is 1.92. The Balaban J connectivity index is 2.97. The van der Waals surface area contributed by atoms with Gasteiger partial charge in [0.25, 0.3) is 0 Å². The van der Waals surface area contributed by atoms with Crippen molar-refractivity contribution < 1.29 is 18.7 Å². The van der Waals surface area contributed by atoms with Crippen LogP contribution in [0.1, 0.15) is 46.9 Å². The molecule has 1 rings (SSSR count). The van der Waals surface area contributed by atoms with Crippen molar-refractivity contribution in [3.63, 3.8) is 0 Å². The Kier molecular flexibility index (Phi) is 4.09. The standard InChI is InChI=1S/C11H14O4/c1-3-5-10-9(11(13)14-4-2)6-8(7-12)15-10/h6-7H,3-5H2,1-2H3. The average molecular weight is 210 g/mol. The smallest absolute Gasteiger partial charge is 0.341 e.